The van der Waals surface area contributed by atoms with Crippen LogP contribution in [-0.4, -0.2) is 27.6 Å². The molecule has 27 heavy (non-hydrogen) atoms. The zero-order valence-electron chi connectivity index (χ0n) is 14.6. The van der Waals surface area contributed by atoms with Gasteiger partial charge in [-0.05, 0) is 42.0 Å². The first-order valence-electron chi connectivity index (χ1n) is 7.89. The van der Waals surface area contributed by atoms with E-state index in [-0.39, 0.29) is 10.6 Å². The lowest BCUT2D eigenvalue weighted by Gasteiger charge is -2.12. The third-order valence-electron chi connectivity index (χ3n) is 3.81. The number of hydrogen-bond acceptors (Lipinski definition) is 5. The van der Waals surface area contributed by atoms with Gasteiger partial charge in [-0.15, -0.1) is 0 Å². The van der Waals surface area contributed by atoms with Crippen LogP contribution < -0.4 is 14.2 Å². The summed E-state index contributed by atoms with van der Waals surface area (Å²) in [5.41, 5.74) is 1.91. The molecule has 0 unspecified atom stereocenters. The largest absolute Gasteiger partial charge is 0.497 e. The zero-order valence-corrected chi connectivity index (χ0v) is 16.2. The lowest BCUT2D eigenvalue weighted by atomic mass is 10.1. The normalized spacial score (nSPS) is 11.1. The van der Waals surface area contributed by atoms with Gasteiger partial charge in [-0.3, -0.25) is 9.71 Å². The Kier molecular flexibility index (Phi) is 5.53. The van der Waals surface area contributed by atoms with Crippen molar-refractivity contribution >= 4 is 27.3 Å². The smallest absolute Gasteiger partial charge is 0.265 e. The number of rotatable bonds is 6. The second-order valence-corrected chi connectivity index (χ2v) is 7.68. The Balaban J connectivity index is 1.95. The molecule has 0 radical (unpaired) electrons. The van der Waals surface area contributed by atoms with Crippen LogP contribution in [0.2, 0.25) is 5.02 Å². The van der Waals surface area contributed by atoms with Gasteiger partial charge in [0.1, 0.15) is 16.4 Å². The van der Waals surface area contributed by atoms with E-state index in [1.165, 1.54) is 25.4 Å². The van der Waals surface area contributed by atoms with E-state index in [4.69, 9.17) is 21.1 Å². The van der Waals surface area contributed by atoms with Crippen LogP contribution in [0.15, 0.2) is 65.8 Å². The van der Waals surface area contributed by atoms with Crippen molar-refractivity contribution in [2.24, 2.45) is 0 Å². The molecule has 1 aromatic heterocycles. The predicted octanol–water partition coefficient (Wildman–Crippen LogP) is 4.22. The van der Waals surface area contributed by atoms with Gasteiger partial charge < -0.3 is 9.47 Å². The molecular weight excluding hydrogens is 388 g/mol. The second-order valence-electron chi connectivity index (χ2n) is 5.59. The summed E-state index contributed by atoms with van der Waals surface area (Å²) < 4.78 is 38.4. The second kappa shape index (κ2) is 7.85. The van der Waals surface area contributed by atoms with E-state index in [0.29, 0.717) is 16.5 Å². The molecule has 0 amide bonds. The highest BCUT2D eigenvalue weighted by Crippen LogP contribution is 2.30. The summed E-state index contributed by atoms with van der Waals surface area (Å²) in [7, 11) is -0.935. The number of methoxy groups -OCH3 is 2. The molecule has 3 rings (SSSR count). The van der Waals surface area contributed by atoms with E-state index in [2.05, 4.69) is 9.71 Å². The highest BCUT2D eigenvalue weighted by molar-refractivity contribution is 7.92. The van der Waals surface area contributed by atoms with Crippen LogP contribution in [0.1, 0.15) is 0 Å². The Morgan fingerprint density at radius 2 is 1.78 bits per heavy atom. The van der Waals surface area contributed by atoms with Crippen molar-refractivity contribution in [1.29, 1.82) is 0 Å². The van der Waals surface area contributed by atoms with E-state index < -0.39 is 10.0 Å². The topological polar surface area (TPSA) is 77.5 Å². The van der Waals surface area contributed by atoms with Crippen LogP contribution in [0.3, 0.4) is 0 Å². The summed E-state index contributed by atoms with van der Waals surface area (Å²) >= 11 is 5.94. The number of halogens is 1. The number of anilines is 1. The number of hydrogen-bond donors (Lipinski definition) is 1. The van der Waals surface area contributed by atoms with Gasteiger partial charge in [-0.1, -0.05) is 23.7 Å². The molecule has 0 saturated heterocycles. The van der Waals surface area contributed by atoms with E-state index >= 15 is 0 Å². The zero-order chi connectivity index (χ0) is 19.4. The maximum Gasteiger partial charge on any atom is 0.265 e. The monoisotopic (exact) mass is 404 g/mol. The Labute approximate surface area is 162 Å². The summed E-state index contributed by atoms with van der Waals surface area (Å²) in [5, 5.41) is 0.291. The Bertz CT molecular complexity index is 1070. The van der Waals surface area contributed by atoms with Crippen LogP contribution >= 0.6 is 11.6 Å². The van der Waals surface area contributed by atoms with Gasteiger partial charge in [0.15, 0.2) is 0 Å². The molecule has 6 nitrogen and oxygen atoms in total. The van der Waals surface area contributed by atoms with Crippen molar-refractivity contribution in [3.8, 4) is 22.6 Å². The van der Waals surface area contributed by atoms with Gasteiger partial charge in [-0.25, -0.2) is 8.42 Å². The third kappa shape index (κ3) is 4.32. The van der Waals surface area contributed by atoms with E-state index in [1.807, 2.05) is 24.3 Å². The van der Waals surface area contributed by atoms with Crippen LogP contribution in [0.4, 0.5) is 5.69 Å². The molecule has 1 N–H and O–H groups in total. The van der Waals surface area contributed by atoms with Crippen molar-refractivity contribution < 1.29 is 17.9 Å². The molecule has 1 heterocycles. The highest BCUT2D eigenvalue weighted by Gasteiger charge is 2.20. The average molecular weight is 405 g/mol. The minimum absolute atomic E-state index is 0.0516. The van der Waals surface area contributed by atoms with Crippen molar-refractivity contribution in [2.45, 2.75) is 4.90 Å². The van der Waals surface area contributed by atoms with Crippen molar-refractivity contribution in [1.82, 2.24) is 4.98 Å². The molecule has 0 aliphatic rings. The summed E-state index contributed by atoms with van der Waals surface area (Å²) in [6.45, 7) is 0. The summed E-state index contributed by atoms with van der Waals surface area (Å²) in [6.07, 6.45) is 3.07. The maximum absolute atomic E-state index is 12.8. The van der Waals surface area contributed by atoms with E-state index in [0.717, 1.165) is 11.1 Å². The molecule has 0 bridgehead atoms. The highest BCUT2D eigenvalue weighted by atomic mass is 35.5. The first-order chi connectivity index (χ1) is 12.9. The fourth-order valence-corrected chi connectivity index (χ4v) is 3.99. The van der Waals surface area contributed by atoms with Gasteiger partial charge in [0.05, 0.1) is 26.1 Å². The van der Waals surface area contributed by atoms with Gasteiger partial charge in [0, 0.05) is 16.8 Å². The number of aromatic nitrogens is 1. The standard InChI is InChI=1S/C19H17ClN2O4S/c1-25-17-5-3-4-13(9-17)14-8-16(12-21-11-14)22-27(23,24)19-10-15(20)6-7-18(19)26-2/h3-12,22H,1-2H3. The Hall–Kier alpha value is -2.77. The van der Waals surface area contributed by atoms with Crippen molar-refractivity contribution in [3.05, 3.63) is 65.9 Å². The maximum atomic E-state index is 12.8. The van der Waals surface area contributed by atoms with Crippen LogP contribution in [0.5, 0.6) is 11.5 Å². The minimum atomic E-state index is -3.91. The molecular formula is C19H17ClN2O4S. The van der Waals surface area contributed by atoms with E-state index in [1.54, 1.807) is 25.4 Å². The number of nitrogens with zero attached hydrogens (tertiary/aromatic N) is 1. The van der Waals surface area contributed by atoms with E-state index in [9.17, 15) is 8.42 Å². The van der Waals surface area contributed by atoms with Gasteiger partial charge in [0.2, 0.25) is 0 Å². The molecule has 0 aliphatic heterocycles. The fourth-order valence-electron chi connectivity index (χ4n) is 2.53. The molecule has 140 valence electrons. The Morgan fingerprint density at radius 3 is 2.52 bits per heavy atom. The van der Waals surface area contributed by atoms with Gasteiger partial charge in [-0.2, -0.15) is 0 Å². The lowest BCUT2D eigenvalue weighted by molar-refractivity contribution is 0.403. The molecule has 0 saturated carbocycles. The number of sulfonamides is 1. The fraction of sp³-hybridized carbons (Fsp3) is 0.105. The molecule has 8 heteroatoms. The summed E-state index contributed by atoms with van der Waals surface area (Å²) in [4.78, 5) is 4.08. The molecule has 3 aromatic rings. The lowest BCUT2D eigenvalue weighted by Crippen LogP contribution is -2.14. The SMILES string of the molecule is COc1cccc(-c2cncc(NS(=O)(=O)c3cc(Cl)ccc3OC)c2)c1. The van der Waals surface area contributed by atoms with Crippen molar-refractivity contribution in [3.63, 3.8) is 0 Å². The molecule has 0 spiro atoms. The summed E-state index contributed by atoms with van der Waals surface area (Å²) in [5.74, 6) is 0.894. The number of nitrogens with one attached hydrogen (secondary N) is 1. The van der Waals surface area contributed by atoms with Gasteiger partial charge >= 0.3 is 0 Å². The number of ether oxygens (including phenoxy) is 2. The predicted molar refractivity (Wildman–Crippen MR) is 105 cm³/mol. The first kappa shape index (κ1) is 19.0. The first-order valence-corrected chi connectivity index (χ1v) is 9.75. The minimum Gasteiger partial charge on any atom is -0.497 e. The molecule has 0 fully saturated rings. The third-order valence-corrected chi connectivity index (χ3v) is 5.45. The number of benzene rings is 2. The quantitative estimate of drug-likeness (QED) is 0.665. The molecule has 0 atom stereocenters. The summed E-state index contributed by atoms with van der Waals surface area (Å²) in [6, 6.07) is 13.5. The molecule has 2 aromatic carbocycles. The van der Waals surface area contributed by atoms with Crippen LogP contribution in [-0.2, 0) is 10.0 Å². The van der Waals surface area contributed by atoms with Gasteiger partial charge in [0.25, 0.3) is 10.0 Å². The number of pyridine rings is 1. The Morgan fingerprint density at radius 1 is 0.963 bits per heavy atom. The molecule has 0 aliphatic carbocycles. The van der Waals surface area contributed by atoms with Crippen LogP contribution in [0, 0.1) is 0 Å². The van der Waals surface area contributed by atoms with Crippen molar-refractivity contribution in [2.75, 3.05) is 18.9 Å². The average Bonchev–Trinajstić information content (AvgIpc) is 2.68. The van der Waals surface area contributed by atoms with Crippen LogP contribution in [0.25, 0.3) is 11.1 Å².